The number of carboxylic acid groups (broad SMARTS) is 1. The second kappa shape index (κ2) is 12.4. The van der Waals surface area contributed by atoms with Gasteiger partial charge in [-0.1, -0.05) is 12.1 Å². The van der Waals surface area contributed by atoms with E-state index in [1.165, 1.54) is 35.8 Å². The Kier molecular flexibility index (Phi) is 9.00. The number of carbonyl (C=O) groups excluding carboxylic acids is 1. The van der Waals surface area contributed by atoms with Gasteiger partial charge < -0.3 is 24.2 Å². The van der Waals surface area contributed by atoms with Crippen LogP contribution in [0.2, 0.25) is 0 Å². The van der Waals surface area contributed by atoms with Crippen molar-refractivity contribution in [3.05, 3.63) is 69.0 Å². The zero-order valence-corrected chi connectivity index (χ0v) is 22.2. The van der Waals surface area contributed by atoms with Crippen LogP contribution in [0.1, 0.15) is 20.4 Å². The molecule has 0 fully saturated rings. The van der Waals surface area contributed by atoms with Crippen LogP contribution in [-0.4, -0.2) is 60.8 Å². The predicted octanol–water partition coefficient (Wildman–Crippen LogP) is 5.20. The van der Waals surface area contributed by atoms with Crippen LogP contribution in [0.15, 0.2) is 41.8 Å². The van der Waals surface area contributed by atoms with E-state index in [1.54, 1.807) is 42.8 Å². The van der Waals surface area contributed by atoms with E-state index in [4.69, 9.17) is 19.3 Å². The Morgan fingerprint density at radius 1 is 1.08 bits per heavy atom. The average molecular weight is 563 g/mol. The van der Waals surface area contributed by atoms with Gasteiger partial charge in [0.25, 0.3) is 5.91 Å². The van der Waals surface area contributed by atoms with Crippen molar-refractivity contribution in [1.29, 1.82) is 0 Å². The highest BCUT2D eigenvalue weighted by atomic mass is 32.1. The Bertz CT molecular complexity index is 1440. The number of nitrogens with zero attached hydrogens (tertiary/aromatic N) is 2. The molecular weight excluding hydrogens is 538 g/mol. The van der Waals surface area contributed by atoms with Crippen molar-refractivity contribution < 1.29 is 37.7 Å². The zero-order valence-electron chi connectivity index (χ0n) is 20.5. The Labute approximate surface area is 225 Å². The lowest BCUT2D eigenvalue weighted by Gasteiger charge is -2.18. The van der Waals surface area contributed by atoms with E-state index in [-0.39, 0.29) is 30.8 Å². The molecule has 0 aliphatic rings. The van der Waals surface area contributed by atoms with Crippen molar-refractivity contribution >= 4 is 44.6 Å². The SMILES string of the molecule is COCCN(CC(=O)O)C(=O)c1csc(COc2ccc(-c3cc(F)c(F)c4cc(COC)sc34)cc2)n1. The van der Waals surface area contributed by atoms with E-state index < -0.39 is 30.1 Å². The highest BCUT2D eigenvalue weighted by Crippen LogP contribution is 2.38. The minimum absolute atomic E-state index is 0.0923. The van der Waals surface area contributed by atoms with Crippen molar-refractivity contribution in [2.45, 2.75) is 13.2 Å². The summed E-state index contributed by atoms with van der Waals surface area (Å²) < 4.78 is 45.2. The largest absolute Gasteiger partial charge is 0.486 e. The standard InChI is InChI=1S/C26H24F2N2O6S2/c1-34-8-7-30(11-23(31)32)26(33)21-14-37-22(29-21)13-36-16-5-3-15(4-6-16)18-10-20(27)24(28)19-9-17(12-35-2)38-25(18)19/h3-6,9-10,14H,7-8,11-13H2,1-2H3,(H,31,32). The van der Waals surface area contributed by atoms with Crippen LogP contribution in [0.4, 0.5) is 8.78 Å². The molecule has 38 heavy (non-hydrogen) atoms. The highest BCUT2D eigenvalue weighted by molar-refractivity contribution is 7.19. The van der Waals surface area contributed by atoms with E-state index in [9.17, 15) is 18.4 Å². The van der Waals surface area contributed by atoms with Crippen LogP contribution < -0.4 is 4.74 Å². The van der Waals surface area contributed by atoms with Crippen LogP contribution in [0, 0.1) is 11.6 Å². The molecule has 4 rings (SSSR count). The molecule has 2 aromatic carbocycles. The number of fused-ring (bicyclic) bond motifs is 1. The third-order valence-corrected chi connectivity index (χ3v) is 7.47. The highest BCUT2D eigenvalue weighted by Gasteiger charge is 2.21. The molecule has 2 aromatic heterocycles. The molecule has 4 aromatic rings. The summed E-state index contributed by atoms with van der Waals surface area (Å²) in [5, 5.41) is 11.4. The van der Waals surface area contributed by atoms with Gasteiger partial charge in [0.15, 0.2) is 11.6 Å². The van der Waals surface area contributed by atoms with E-state index in [2.05, 4.69) is 4.98 Å². The molecule has 0 saturated carbocycles. The maximum absolute atomic E-state index is 14.4. The summed E-state index contributed by atoms with van der Waals surface area (Å²) in [6, 6.07) is 9.74. The van der Waals surface area contributed by atoms with Crippen molar-refractivity contribution in [1.82, 2.24) is 9.88 Å². The van der Waals surface area contributed by atoms with Gasteiger partial charge in [0, 0.05) is 46.7 Å². The zero-order chi connectivity index (χ0) is 27.2. The van der Waals surface area contributed by atoms with Crippen LogP contribution in [0.25, 0.3) is 21.2 Å². The van der Waals surface area contributed by atoms with Crippen LogP contribution in [-0.2, 0) is 27.5 Å². The number of aromatic nitrogens is 1. The smallest absolute Gasteiger partial charge is 0.323 e. The van der Waals surface area contributed by atoms with Gasteiger partial charge in [0.05, 0.1) is 13.2 Å². The van der Waals surface area contributed by atoms with Crippen molar-refractivity contribution in [2.75, 3.05) is 33.9 Å². The molecule has 0 spiro atoms. The molecule has 0 bridgehead atoms. The Hall–Kier alpha value is -3.45. The van der Waals surface area contributed by atoms with Gasteiger partial charge in [-0.2, -0.15) is 0 Å². The minimum atomic E-state index is -1.13. The fourth-order valence-electron chi connectivity index (χ4n) is 3.75. The Morgan fingerprint density at radius 3 is 2.53 bits per heavy atom. The first-order chi connectivity index (χ1) is 18.3. The summed E-state index contributed by atoms with van der Waals surface area (Å²) in [4.78, 5) is 30.0. The van der Waals surface area contributed by atoms with E-state index in [0.717, 1.165) is 9.78 Å². The molecule has 12 heteroatoms. The molecule has 200 valence electrons. The molecule has 0 unspecified atom stereocenters. The first kappa shape index (κ1) is 27.6. The number of methoxy groups -OCH3 is 2. The summed E-state index contributed by atoms with van der Waals surface area (Å²) in [6.07, 6.45) is 0. The normalized spacial score (nSPS) is 11.2. The number of amides is 1. The second-order valence-electron chi connectivity index (χ2n) is 8.16. The van der Waals surface area contributed by atoms with Crippen molar-refractivity contribution in [2.24, 2.45) is 0 Å². The van der Waals surface area contributed by atoms with E-state index >= 15 is 0 Å². The fourth-order valence-corrected chi connectivity index (χ4v) is 5.59. The fraction of sp³-hybridized carbons (Fsp3) is 0.269. The van der Waals surface area contributed by atoms with Crippen LogP contribution in [0.5, 0.6) is 5.75 Å². The lowest BCUT2D eigenvalue weighted by Crippen LogP contribution is -2.38. The molecular formula is C26H24F2N2O6S2. The summed E-state index contributed by atoms with van der Waals surface area (Å²) in [7, 11) is 3.01. The number of aliphatic carboxylic acids is 1. The van der Waals surface area contributed by atoms with Gasteiger partial charge in [-0.25, -0.2) is 13.8 Å². The molecule has 1 amide bonds. The molecule has 0 aliphatic heterocycles. The molecule has 0 saturated heterocycles. The number of thiophene rings is 1. The molecule has 0 radical (unpaired) electrons. The second-order valence-corrected chi connectivity index (χ2v) is 10.2. The Balaban J connectivity index is 1.45. The summed E-state index contributed by atoms with van der Waals surface area (Å²) in [5.74, 6) is -2.91. The van der Waals surface area contributed by atoms with Crippen LogP contribution >= 0.6 is 22.7 Å². The van der Waals surface area contributed by atoms with Crippen molar-refractivity contribution in [3.8, 4) is 16.9 Å². The lowest BCUT2D eigenvalue weighted by atomic mass is 10.0. The number of carbonyl (C=O) groups is 2. The average Bonchev–Trinajstić information content (AvgIpc) is 3.55. The number of hydrogen-bond acceptors (Lipinski definition) is 8. The number of thiazole rings is 1. The number of rotatable bonds is 12. The molecule has 2 heterocycles. The van der Waals surface area contributed by atoms with Gasteiger partial charge in [-0.15, -0.1) is 22.7 Å². The number of ether oxygens (including phenoxy) is 3. The molecule has 0 atom stereocenters. The summed E-state index contributed by atoms with van der Waals surface area (Å²) in [5.41, 5.74) is 1.40. The minimum Gasteiger partial charge on any atom is -0.486 e. The predicted molar refractivity (Wildman–Crippen MR) is 140 cm³/mol. The van der Waals surface area contributed by atoms with Crippen molar-refractivity contribution in [3.63, 3.8) is 0 Å². The van der Waals surface area contributed by atoms with Crippen LogP contribution in [0.3, 0.4) is 0 Å². The molecule has 0 aliphatic carbocycles. The summed E-state index contributed by atoms with van der Waals surface area (Å²) in [6.45, 7) is 0.268. The quantitative estimate of drug-likeness (QED) is 0.253. The maximum atomic E-state index is 14.4. The number of benzene rings is 2. The lowest BCUT2D eigenvalue weighted by molar-refractivity contribution is -0.137. The third-order valence-electron chi connectivity index (χ3n) is 5.51. The summed E-state index contributed by atoms with van der Waals surface area (Å²) >= 11 is 2.57. The topological polar surface area (TPSA) is 98.2 Å². The molecule has 1 N–H and O–H groups in total. The number of carboxylic acids is 1. The first-order valence-electron chi connectivity index (χ1n) is 11.4. The van der Waals surface area contributed by atoms with Gasteiger partial charge in [0.1, 0.15) is 29.6 Å². The third kappa shape index (κ3) is 6.33. The number of hydrogen-bond donors (Lipinski definition) is 1. The van der Waals surface area contributed by atoms with Gasteiger partial charge in [-0.05, 0) is 29.8 Å². The molecule has 8 nitrogen and oxygen atoms in total. The van der Waals surface area contributed by atoms with Gasteiger partial charge >= 0.3 is 5.97 Å². The van der Waals surface area contributed by atoms with E-state index in [1.807, 2.05) is 0 Å². The van der Waals surface area contributed by atoms with Gasteiger partial charge in [0.2, 0.25) is 0 Å². The Morgan fingerprint density at radius 2 is 1.84 bits per heavy atom. The number of halogens is 2. The monoisotopic (exact) mass is 562 g/mol. The maximum Gasteiger partial charge on any atom is 0.323 e. The first-order valence-corrected chi connectivity index (χ1v) is 13.1. The van der Waals surface area contributed by atoms with E-state index in [0.29, 0.717) is 33.2 Å². The van der Waals surface area contributed by atoms with Gasteiger partial charge in [-0.3, -0.25) is 9.59 Å².